The van der Waals surface area contributed by atoms with Crippen LogP contribution in [0.5, 0.6) is 0 Å². The second-order valence-corrected chi connectivity index (χ2v) is 7.34. The first-order valence-electron chi connectivity index (χ1n) is 7.58. The van der Waals surface area contributed by atoms with Gasteiger partial charge in [0.15, 0.2) is 0 Å². The van der Waals surface area contributed by atoms with E-state index >= 15 is 0 Å². The summed E-state index contributed by atoms with van der Waals surface area (Å²) in [5.41, 5.74) is 1.76. The van der Waals surface area contributed by atoms with Crippen LogP contribution in [-0.4, -0.2) is 23.8 Å². The highest BCUT2D eigenvalue weighted by Gasteiger charge is 2.33. The van der Waals surface area contributed by atoms with Crippen molar-refractivity contribution in [3.8, 4) is 0 Å². The second kappa shape index (κ2) is 7.29. The second-order valence-electron chi connectivity index (χ2n) is 6.34. The molecule has 0 heterocycles. The van der Waals surface area contributed by atoms with Crippen LogP contribution in [0, 0.1) is 5.41 Å². The normalized spacial score (nSPS) is 20.1. The van der Waals surface area contributed by atoms with Gasteiger partial charge in [0, 0.05) is 22.9 Å². The standard InChI is InChI=1S/C17H25BrClN/c1-14(15-7-6-8-16(19)11-15)20(2)13-17(12-18)9-4-3-5-10-17/h6-8,11,14H,3-5,9-10,12-13H2,1-2H3. The molecule has 0 amide bonds. The van der Waals surface area contributed by atoms with E-state index in [1.807, 2.05) is 12.1 Å². The minimum Gasteiger partial charge on any atom is -0.299 e. The van der Waals surface area contributed by atoms with E-state index in [0.717, 1.165) is 16.9 Å². The molecule has 0 saturated heterocycles. The van der Waals surface area contributed by atoms with Gasteiger partial charge in [-0.05, 0) is 49.9 Å². The zero-order valence-corrected chi connectivity index (χ0v) is 14.9. The molecule has 1 aromatic rings. The van der Waals surface area contributed by atoms with Crippen molar-refractivity contribution in [2.75, 3.05) is 18.9 Å². The van der Waals surface area contributed by atoms with E-state index in [4.69, 9.17) is 11.6 Å². The summed E-state index contributed by atoms with van der Waals surface area (Å²) < 4.78 is 0. The summed E-state index contributed by atoms with van der Waals surface area (Å²) in [4.78, 5) is 2.48. The van der Waals surface area contributed by atoms with Gasteiger partial charge in [-0.25, -0.2) is 0 Å². The van der Waals surface area contributed by atoms with Gasteiger partial charge in [0.25, 0.3) is 0 Å². The molecule has 0 N–H and O–H groups in total. The predicted octanol–water partition coefficient (Wildman–Crippen LogP) is 5.68. The molecule has 1 saturated carbocycles. The molecule has 0 aliphatic heterocycles. The maximum atomic E-state index is 6.11. The van der Waals surface area contributed by atoms with Crippen LogP contribution >= 0.6 is 27.5 Å². The van der Waals surface area contributed by atoms with Gasteiger partial charge < -0.3 is 0 Å². The minimum atomic E-state index is 0.409. The van der Waals surface area contributed by atoms with E-state index in [0.29, 0.717) is 11.5 Å². The highest BCUT2D eigenvalue weighted by Crippen LogP contribution is 2.39. The molecule has 1 unspecified atom stereocenters. The Hall–Kier alpha value is -0.0500. The van der Waals surface area contributed by atoms with E-state index in [2.05, 4.69) is 46.9 Å². The molecule has 0 spiro atoms. The van der Waals surface area contributed by atoms with Crippen LogP contribution in [0.15, 0.2) is 24.3 Å². The van der Waals surface area contributed by atoms with Crippen molar-refractivity contribution in [1.29, 1.82) is 0 Å². The summed E-state index contributed by atoms with van der Waals surface area (Å²) >= 11 is 9.88. The largest absolute Gasteiger partial charge is 0.299 e. The first kappa shape index (κ1) is 16.3. The number of hydrogen-bond donors (Lipinski definition) is 0. The molecule has 1 fully saturated rings. The quantitative estimate of drug-likeness (QED) is 0.612. The summed E-state index contributed by atoms with van der Waals surface area (Å²) in [6, 6.07) is 8.66. The Bertz CT molecular complexity index is 429. The molecule has 1 atom stereocenters. The molecule has 112 valence electrons. The van der Waals surface area contributed by atoms with Crippen LogP contribution in [0.4, 0.5) is 0 Å². The van der Waals surface area contributed by atoms with Crippen molar-refractivity contribution < 1.29 is 0 Å². The Kier molecular flexibility index (Phi) is 5.95. The zero-order chi connectivity index (χ0) is 14.6. The lowest BCUT2D eigenvalue weighted by Gasteiger charge is -2.40. The van der Waals surface area contributed by atoms with Gasteiger partial charge in [-0.1, -0.05) is 58.9 Å². The van der Waals surface area contributed by atoms with Gasteiger partial charge >= 0.3 is 0 Å². The topological polar surface area (TPSA) is 3.24 Å². The van der Waals surface area contributed by atoms with Crippen LogP contribution in [0.25, 0.3) is 0 Å². The predicted molar refractivity (Wildman–Crippen MR) is 91.8 cm³/mol. The van der Waals surface area contributed by atoms with Crippen molar-refractivity contribution in [2.24, 2.45) is 5.41 Å². The third-order valence-corrected chi connectivity index (χ3v) is 6.20. The number of alkyl halides is 1. The maximum absolute atomic E-state index is 6.11. The van der Waals surface area contributed by atoms with Crippen LogP contribution in [0.1, 0.15) is 50.6 Å². The van der Waals surface area contributed by atoms with Crippen molar-refractivity contribution in [2.45, 2.75) is 45.1 Å². The number of hydrogen-bond acceptors (Lipinski definition) is 1. The lowest BCUT2D eigenvalue weighted by atomic mass is 9.75. The average Bonchev–Trinajstić information content (AvgIpc) is 2.47. The molecule has 3 heteroatoms. The molecule has 1 aromatic carbocycles. The van der Waals surface area contributed by atoms with Gasteiger partial charge in [0.05, 0.1) is 0 Å². The van der Waals surface area contributed by atoms with Crippen LogP contribution in [0.2, 0.25) is 5.02 Å². The smallest absolute Gasteiger partial charge is 0.0409 e. The van der Waals surface area contributed by atoms with E-state index in [9.17, 15) is 0 Å². The fraction of sp³-hybridized carbons (Fsp3) is 0.647. The van der Waals surface area contributed by atoms with E-state index in [1.54, 1.807) is 0 Å². The minimum absolute atomic E-state index is 0.409. The van der Waals surface area contributed by atoms with Crippen molar-refractivity contribution in [1.82, 2.24) is 4.90 Å². The Morgan fingerprint density at radius 2 is 2.00 bits per heavy atom. The van der Waals surface area contributed by atoms with Crippen LogP contribution in [0.3, 0.4) is 0 Å². The average molecular weight is 359 g/mol. The summed E-state index contributed by atoms with van der Waals surface area (Å²) in [6.07, 6.45) is 6.87. The van der Waals surface area contributed by atoms with E-state index < -0.39 is 0 Å². The zero-order valence-electron chi connectivity index (χ0n) is 12.5. The first-order valence-corrected chi connectivity index (χ1v) is 9.08. The number of halogens is 2. The molecule has 1 aliphatic carbocycles. The summed E-state index contributed by atoms with van der Waals surface area (Å²) in [7, 11) is 2.24. The Morgan fingerprint density at radius 3 is 2.60 bits per heavy atom. The molecule has 20 heavy (non-hydrogen) atoms. The molecule has 0 aromatic heterocycles. The Labute approximate surface area is 136 Å². The monoisotopic (exact) mass is 357 g/mol. The molecular formula is C17H25BrClN. The molecule has 0 radical (unpaired) electrons. The first-order chi connectivity index (χ1) is 9.56. The maximum Gasteiger partial charge on any atom is 0.0409 e. The number of nitrogens with zero attached hydrogens (tertiary/aromatic N) is 1. The van der Waals surface area contributed by atoms with E-state index in [1.165, 1.54) is 37.7 Å². The van der Waals surface area contributed by atoms with Gasteiger partial charge in [-0.2, -0.15) is 0 Å². The van der Waals surface area contributed by atoms with Crippen LogP contribution < -0.4 is 0 Å². The third kappa shape index (κ3) is 3.99. The van der Waals surface area contributed by atoms with Gasteiger partial charge in [0.1, 0.15) is 0 Å². The van der Waals surface area contributed by atoms with Crippen LogP contribution in [-0.2, 0) is 0 Å². The molecule has 1 aliphatic rings. The van der Waals surface area contributed by atoms with Crippen molar-refractivity contribution >= 4 is 27.5 Å². The Balaban J connectivity index is 2.04. The summed E-state index contributed by atoms with van der Waals surface area (Å²) in [5, 5.41) is 1.95. The molecule has 2 rings (SSSR count). The van der Waals surface area contributed by atoms with Crippen molar-refractivity contribution in [3.05, 3.63) is 34.9 Å². The molecule has 1 nitrogen and oxygen atoms in total. The highest BCUT2D eigenvalue weighted by molar-refractivity contribution is 9.09. The summed E-state index contributed by atoms with van der Waals surface area (Å²) in [5.74, 6) is 0. The summed E-state index contributed by atoms with van der Waals surface area (Å²) in [6.45, 7) is 3.43. The number of rotatable bonds is 5. The number of benzene rings is 1. The lowest BCUT2D eigenvalue weighted by Crippen LogP contribution is -2.39. The fourth-order valence-corrected chi connectivity index (χ4v) is 4.26. The molecule has 0 bridgehead atoms. The highest BCUT2D eigenvalue weighted by atomic mass is 79.9. The van der Waals surface area contributed by atoms with Crippen molar-refractivity contribution in [3.63, 3.8) is 0 Å². The SMILES string of the molecule is CC(c1cccc(Cl)c1)N(C)CC1(CBr)CCCCC1. The third-order valence-electron chi connectivity index (χ3n) is 4.77. The fourth-order valence-electron chi connectivity index (χ4n) is 3.32. The Morgan fingerprint density at radius 1 is 1.30 bits per heavy atom. The van der Waals surface area contributed by atoms with E-state index in [-0.39, 0.29) is 0 Å². The lowest BCUT2D eigenvalue weighted by molar-refractivity contribution is 0.120. The van der Waals surface area contributed by atoms with Gasteiger partial charge in [0.2, 0.25) is 0 Å². The van der Waals surface area contributed by atoms with Gasteiger partial charge in [-0.15, -0.1) is 0 Å². The molecular weight excluding hydrogens is 334 g/mol. The van der Waals surface area contributed by atoms with Gasteiger partial charge in [-0.3, -0.25) is 4.90 Å².